The van der Waals surface area contributed by atoms with Crippen molar-refractivity contribution in [3.63, 3.8) is 0 Å². The second kappa shape index (κ2) is 13.1. The minimum atomic E-state index is 0.817. The van der Waals surface area contributed by atoms with E-state index in [2.05, 4.69) is 207 Å². The molecule has 0 unspecified atom stereocenters. The van der Waals surface area contributed by atoms with Crippen LogP contribution in [0.4, 0.5) is 34.1 Å². The van der Waals surface area contributed by atoms with Crippen molar-refractivity contribution in [2.75, 3.05) is 9.80 Å². The van der Waals surface area contributed by atoms with E-state index in [-0.39, 0.29) is 0 Å². The maximum Gasteiger partial charge on any atom is 0.139 e. The van der Waals surface area contributed by atoms with Crippen LogP contribution in [0.15, 0.2) is 179 Å². The van der Waals surface area contributed by atoms with Gasteiger partial charge in [-0.15, -0.1) is 0 Å². The molecule has 0 atom stereocenters. The Bertz CT molecular complexity index is 3170. The molecule has 0 spiro atoms. The molecule has 0 fully saturated rings. The van der Waals surface area contributed by atoms with Crippen molar-refractivity contribution >= 4 is 99.5 Å². The van der Waals surface area contributed by atoms with Crippen LogP contribution in [-0.2, 0) is 0 Å². The molecule has 9 aromatic carbocycles. The van der Waals surface area contributed by atoms with Gasteiger partial charge in [-0.25, -0.2) is 0 Å². The number of hydrogen-bond acceptors (Lipinski definition) is 4. The van der Waals surface area contributed by atoms with Gasteiger partial charge in [0.25, 0.3) is 0 Å². The normalized spacial score (nSPS) is 11.8. The lowest BCUT2D eigenvalue weighted by atomic mass is 10.0. The highest BCUT2D eigenvalue weighted by Gasteiger charge is 2.19. The van der Waals surface area contributed by atoms with E-state index in [9.17, 15) is 0 Å². The number of para-hydroxylation sites is 2. The zero-order valence-electron chi connectivity index (χ0n) is 32.9. The third-order valence-electron chi connectivity index (χ3n) is 11.7. The van der Waals surface area contributed by atoms with E-state index in [0.717, 1.165) is 99.5 Å². The first-order valence-electron chi connectivity index (χ1n) is 19.9. The summed E-state index contributed by atoms with van der Waals surface area (Å²) in [6.45, 7) is 8.65. The lowest BCUT2D eigenvalue weighted by Gasteiger charge is -2.27. The van der Waals surface area contributed by atoms with Gasteiger partial charge in [-0.1, -0.05) is 83.9 Å². The van der Waals surface area contributed by atoms with E-state index >= 15 is 0 Å². The number of benzene rings is 9. The highest BCUT2D eigenvalue weighted by atomic mass is 16.3. The zero-order valence-corrected chi connectivity index (χ0v) is 32.9. The average Bonchev–Trinajstić information content (AvgIpc) is 3.76. The Morgan fingerprint density at radius 2 is 0.724 bits per heavy atom. The number of hydrogen-bond donors (Lipinski definition) is 0. The van der Waals surface area contributed by atoms with E-state index in [4.69, 9.17) is 8.83 Å². The fraction of sp³-hybridized carbons (Fsp3) is 0.0741. The van der Waals surface area contributed by atoms with E-state index in [1.54, 1.807) is 0 Å². The van der Waals surface area contributed by atoms with Crippen LogP contribution in [-0.4, -0.2) is 0 Å². The number of nitrogens with zero attached hydrogens (tertiary/aromatic N) is 2. The highest BCUT2D eigenvalue weighted by molar-refractivity contribution is 6.18. The van der Waals surface area contributed by atoms with Gasteiger partial charge in [0.1, 0.15) is 22.3 Å². The Hall–Kier alpha value is -7.30. The van der Waals surface area contributed by atoms with Crippen molar-refractivity contribution in [3.8, 4) is 0 Å². The van der Waals surface area contributed by atoms with Gasteiger partial charge in [-0.2, -0.15) is 0 Å². The summed E-state index contributed by atoms with van der Waals surface area (Å²) < 4.78 is 13.2. The van der Waals surface area contributed by atoms with Crippen molar-refractivity contribution in [3.05, 3.63) is 192 Å². The minimum Gasteiger partial charge on any atom is -0.456 e. The van der Waals surface area contributed by atoms with Gasteiger partial charge in [0.2, 0.25) is 0 Å². The molecule has 0 bridgehead atoms. The average molecular weight is 749 g/mol. The smallest absolute Gasteiger partial charge is 0.139 e. The second-order valence-corrected chi connectivity index (χ2v) is 15.7. The standard InChI is InChI=1S/C54H40N2O2/c1-33-15-21-49(35(3)23-33)55(41-11-7-5-8-12-41)43-19-17-37-27-45-47-31-48-46-28-38-18-20-44(56(42-13-9-6-10-14-42)50-22-16-34(2)24-36(50)4)26-40(38)30-52(46)58-54(48)32-53(47)57-51(45)29-39(37)25-43/h5-32H,1-4H3. The summed E-state index contributed by atoms with van der Waals surface area (Å²) in [4.78, 5) is 4.68. The van der Waals surface area contributed by atoms with Crippen molar-refractivity contribution < 1.29 is 8.83 Å². The van der Waals surface area contributed by atoms with Crippen LogP contribution in [0.3, 0.4) is 0 Å². The fourth-order valence-electron chi connectivity index (χ4n) is 8.91. The first kappa shape index (κ1) is 34.0. The molecular weight excluding hydrogens is 709 g/mol. The van der Waals surface area contributed by atoms with Crippen LogP contribution in [0.1, 0.15) is 22.3 Å². The molecule has 0 amide bonds. The van der Waals surface area contributed by atoms with Crippen LogP contribution in [0, 0.1) is 27.7 Å². The molecule has 0 saturated carbocycles. The summed E-state index contributed by atoms with van der Waals surface area (Å²) in [7, 11) is 0. The first-order valence-corrected chi connectivity index (χ1v) is 19.9. The predicted octanol–water partition coefficient (Wildman–Crippen LogP) is 16.0. The number of fused-ring (bicyclic) bond motifs is 8. The van der Waals surface area contributed by atoms with E-state index in [0.29, 0.717) is 0 Å². The SMILES string of the molecule is Cc1ccc(N(c2ccccc2)c2ccc3cc4c(cc3c2)oc2cc3oc5cc6cc(N(c7ccccc7)c7ccc(C)cc7C)ccc6cc5c3cc24)c(C)c1. The van der Waals surface area contributed by atoms with Crippen molar-refractivity contribution in [2.45, 2.75) is 27.7 Å². The zero-order chi connectivity index (χ0) is 39.1. The Labute approximate surface area is 336 Å². The summed E-state index contributed by atoms with van der Waals surface area (Å²) in [5.74, 6) is 0. The van der Waals surface area contributed by atoms with Crippen molar-refractivity contribution in [1.82, 2.24) is 0 Å². The Morgan fingerprint density at radius 3 is 1.16 bits per heavy atom. The van der Waals surface area contributed by atoms with Crippen LogP contribution in [0.2, 0.25) is 0 Å². The summed E-state index contributed by atoms with van der Waals surface area (Å²) >= 11 is 0. The molecule has 11 aromatic rings. The predicted molar refractivity (Wildman–Crippen MR) is 244 cm³/mol. The number of aryl methyl sites for hydroxylation is 4. The van der Waals surface area contributed by atoms with Gasteiger partial charge in [0.15, 0.2) is 0 Å². The minimum absolute atomic E-state index is 0.817. The Morgan fingerprint density at radius 1 is 0.310 bits per heavy atom. The second-order valence-electron chi connectivity index (χ2n) is 15.7. The maximum atomic E-state index is 6.61. The molecule has 278 valence electrons. The van der Waals surface area contributed by atoms with Gasteiger partial charge in [0, 0.05) is 61.7 Å². The molecule has 0 aliphatic heterocycles. The van der Waals surface area contributed by atoms with Gasteiger partial charge < -0.3 is 18.6 Å². The molecule has 0 radical (unpaired) electrons. The molecule has 11 rings (SSSR count). The molecular formula is C54H40N2O2. The van der Waals surface area contributed by atoms with Crippen molar-refractivity contribution in [1.29, 1.82) is 0 Å². The molecule has 0 saturated heterocycles. The van der Waals surface area contributed by atoms with E-state index < -0.39 is 0 Å². The van der Waals surface area contributed by atoms with Crippen molar-refractivity contribution in [2.24, 2.45) is 0 Å². The number of anilines is 6. The summed E-state index contributed by atoms with van der Waals surface area (Å²) in [5.41, 5.74) is 15.1. The lowest BCUT2D eigenvalue weighted by Crippen LogP contribution is -2.11. The maximum absolute atomic E-state index is 6.61. The molecule has 0 aliphatic carbocycles. The summed E-state index contributed by atoms with van der Waals surface area (Å²) in [5, 5.41) is 8.93. The number of furan rings is 2. The third-order valence-corrected chi connectivity index (χ3v) is 11.7. The van der Waals surface area contributed by atoms with Crippen LogP contribution in [0.25, 0.3) is 65.4 Å². The quantitative estimate of drug-likeness (QED) is 0.170. The monoisotopic (exact) mass is 748 g/mol. The van der Waals surface area contributed by atoms with Crippen LogP contribution in [0.5, 0.6) is 0 Å². The van der Waals surface area contributed by atoms with Crippen LogP contribution < -0.4 is 9.80 Å². The molecule has 0 N–H and O–H groups in total. The van der Waals surface area contributed by atoms with Gasteiger partial charge >= 0.3 is 0 Å². The lowest BCUT2D eigenvalue weighted by molar-refractivity contribution is 0.656. The number of rotatable bonds is 6. The summed E-state index contributed by atoms with van der Waals surface area (Å²) in [6.07, 6.45) is 0. The van der Waals surface area contributed by atoms with E-state index in [1.807, 2.05) is 0 Å². The molecule has 4 heteroatoms. The van der Waals surface area contributed by atoms with E-state index in [1.165, 1.54) is 22.3 Å². The Kier molecular flexibility index (Phi) is 7.70. The largest absolute Gasteiger partial charge is 0.456 e. The van der Waals surface area contributed by atoms with Gasteiger partial charge in [0.05, 0.1) is 0 Å². The first-order chi connectivity index (χ1) is 28.3. The molecule has 0 aliphatic rings. The molecule has 4 nitrogen and oxygen atoms in total. The van der Waals surface area contributed by atoms with Gasteiger partial charge in [-0.05, 0) is 151 Å². The molecule has 2 heterocycles. The molecule has 2 aromatic heterocycles. The van der Waals surface area contributed by atoms with Gasteiger partial charge in [-0.3, -0.25) is 0 Å². The summed E-state index contributed by atoms with van der Waals surface area (Å²) in [6, 6.07) is 61.1. The highest BCUT2D eigenvalue weighted by Crippen LogP contribution is 2.43. The topological polar surface area (TPSA) is 32.8 Å². The Balaban J connectivity index is 1.01. The molecule has 58 heavy (non-hydrogen) atoms. The third kappa shape index (κ3) is 5.60. The van der Waals surface area contributed by atoms with Crippen LogP contribution >= 0.6 is 0 Å². The fourth-order valence-corrected chi connectivity index (χ4v) is 8.91.